The minimum atomic E-state index is -4.73. The Kier molecular flexibility index (Phi) is 7.64. The van der Waals surface area contributed by atoms with Crippen molar-refractivity contribution in [2.24, 2.45) is 10.2 Å². The zero-order valence-corrected chi connectivity index (χ0v) is 23.9. The first-order valence-corrected chi connectivity index (χ1v) is 14.6. The van der Waals surface area contributed by atoms with E-state index in [4.69, 9.17) is 0 Å². The molecule has 0 spiro atoms. The van der Waals surface area contributed by atoms with Crippen LogP contribution in [0.25, 0.3) is 27.5 Å². The Hall–Kier alpha value is -4.31. The summed E-state index contributed by atoms with van der Waals surface area (Å²) < 4.78 is 43.4. The third-order valence-electron chi connectivity index (χ3n) is 7.09. The molecule has 10 heteroatoms. The number of para-hydroxylation sites is 1. The van der Waals surface area contributed by atoms with Crippen molar-refractivity contribution >= 4 is 50.6 Å². The predicted molar refractivity (Wildman–Crippen MR) is 165 cm³/mol. The van der Waals surface area contributed by atoms with Crippen molar-refractivity contribution in [1.29, 1.82) is 0 Å². The van der Waals surface area contributed by atoms with Crippen molar-refractivity contribution < 1.29 is 17.9 Å². The lowest BCUT2D eigenvalue weighted by Gasteiger charge is -2.31. The maximum Gasteiger partial charge on any atom is 0.573 e. The fraction of sp³-hybridized carbons (Fsp3) is 0.219. The Morgan fingerprint density at radius 3 is 2.60 bits per heavy atom. The van der Waals surface area contributed by atoms with Gasteiger partial charge in [-0.15, -0.1) is 18.3 Å². The van der Waals surface area contributed by atoms with E-state index in [1.54, 1.807) is 36.4 Å². The number of imidazole rings is 1. The van der Waals surface area contributed by atoms with Gasteiger partial charge < -0.3 is 9.64 Å². The quantitative estimate of drug-likeness (QED) is 0.148. The Balaban J connectivity index is 1.25. The molecule has 0 aliphatic carbocycles. The molecule has 1 aliphatic heterocycles. The second kappa shape index (κ2) is 11.5. The summed E-state index contributed by atoms with van der Waals surface area (Å²) in [5, 5.41) is 11.9. The summed E-state index contributed by atoms with van der Waals surface area (Å²) in [5.74, 6) is 1.15. The molecule has 0 radical (unpaired) electrons. The first-order valence-electron chi connectivity index (χ1n) is 13.6. The van der Waals surface area contributed by atoms with Gasteiger partial charge in [-0.3, -0.25) is 4.57 Å². The Bertz CT molecular complexity index is 1790. The zero-order chi connectivity index (χ0) is 29.3. The topological polar surface area (TPSA) is 55.0 Å². The number of fused-ring (bicyclic) bond motifs is 3. The standard InChI is InChI=1S/C32H28F3N5OS/c1-21(2)26-6-3-4-7-28(26)39-16-5-17-42-31(39)38-37-19-22-8-14-27-23(18-22)9-15-29-30(27)36-20-40(29)24-10-12-25(13-11-24)41-32(33,34)35/h3-4,6-15,18-21H,5,16-17H2,1-2H3/b37-19+,38-31+. The predicted octanol–water partition coefficient (Wildman–Crippen LogP) is 8.53. The van der Waals surface area contributed by atoms with Gasteiger partial charge in [0, 0.05) is 29.1 Å². The summed E-state index contributed by atoms with van der Waals surface area (Å²) in [6.07, 6.45) is -0.207. The number of nitrogens with zero attached hydrogens (tertiary/aromatic N) is 5. The highest BCUT2D eigenvalue weighted by Gasteiger charge is 2.31. The third kappa shape index (κ3) is 5.85. The molecule has 42 heavy (non-hydrogen) atoms. The van der Waals surface area contributed by atoms with E-state index in [1.165, 1.54) is 23.4 Å². The molecule has 1 aromatic heterocycles. The van der Waals surface area contributed by atoms with Crippen molar-refractivity contribution in [1.82, 2.24) is 9.55 Å². The van der Waals surface area contributed by atoms with Gasteiger partial charge in [0.05, 0.1) is 17.2 Å². The average molecular weight is 588 g/mol. The van der Waals surface area contributed by atoms with E-state index in [0.717, 1.165) is 51.3 Å². The van der Waals surface area contributed by atoms with E-state index in [0.29, 0.717) is 11.6 Å². The van der Waals surface area contributed by atoms with Crippen LogP contribution >= 0.6 is 11.8 Å². The summed E-state index contributed by atoms with van der Waals surface area (Å²) in [5.41, 5.74) is 5.72. The van der Waals surface area contributed by atoms with Crippen LogP contribution in [0.2, 0.25) is 0 Å². The number of alkyl halides is 3. The van der Waals surface area contributed by atoms with E-state index in [1.807, 2.05) is 34.9 Å². The largest absolute Gasteiger partial charge is 0.573 e. The molecular weight excluding hydrogens is 559 g/mol. The van der Waals surface area contributed by atoms with Crippen molar-refractivity contribution in [3.8, 4) is 11.4 Å². The Morgan fingerprint density at radius 1 is 1.00 bits per heavy atom. The summed E-state index contributed by atoms with van der Waals surface area (Å²) in [6.45, 7) is 5.32. The van der Waals surface area contributed by atoms with Gasteiger partial charge in [0.15, 0.2) is 5.17 Å². The lowest BCUT2D eigenvalue weighted by molar-refractivity contribution is -0.274. The number of rotatable bonds is 6. The molecule has 4 aromatic carbocycles. The highest BCUT2D eigenvalue weighted by Crippen LogP contribution is 2.32. The number of thioether (sulfide) groups is 1. The maximum absolute atomic E-state index is 12.5. The van der Waals surface area contributed by atoms with Gasteiger partial charge in [-0.25, -0.2) is 4.98 Å². The molecule has 6 rings (SSSR count). The van der Waals surface area contributed by atoms with Crippen LogP contribution in [0.5, 0.6) is 5.75 Å². The normalized spacial score (nSPS) is 15.5. The van der Waals surface area contributed by atoms with Crippen molar-refractivity contribution in [3.05, 3.63) is 96.3 Å². The monoisotopic (exact) mass is 587 g/mol. The lowest BCUT2D eigenvalue weighted by atomic mass is 10.0. The molecule has 0 amide bonds. The SMILES string of the molecule is CC(C)c1ccccc1N1CCCS/C1=N/N=C/c1ccc2c(ccc3c2ncn3-c2ccc(OC(F)(F)F)cc2)c1. The average Bonchev–Trinajstić information content (AvgIpc) is 3.41. The van der Waals surface area contributed by atoms with E-state index in [2.05, 4.69) is 62.9 Å². The van der Waals surface area contributed by atoms with Crippen molar-refractivity contribution in [2.75, 3.05) is 17.2 Å². The second-order valence-electron chi connectivity index (χ2n) is 10.3. The lowest BCUT2D eigenvalue weighted by Crippen LogP contribution is -2.34. The molecule has 0 atom stereocenters. The van der Waals surface area contributed by atoms with E-state index >= 15 is 0 Å². The molecule has 1 saturated heterocycles. The fourth-order valence-electron chi connectivity index (χ4n) is 5.16. The Morgan fingerprint density at radius 2 is 1.81 bits per heavy atom. The van der Waals surface area contributed by atoms with Crippen LogP contribution in [0.4, 0.5) is 18.9 Å². The van der Waals surface area contributed by atoms with Crippen LogP contribution in [-0.2, 0) is 0 Å². The number of amidine groups is 1. The van der Waals surface area contributed by atoms with Crippen LogP contribution in [0.15, 0.2) is 95.4 Å². The number of anilines is 1. The van der Waals surface area contributed by atoms with Crippen molar-refractivity contribution in [2.45, 2.75) is 32.5 Å². The molecular formula is C32H28F3N5OS. The second-order valence-corrected chi connectivity index (χ2v) is 11.3. The van der Waals surface area contributed by atoms with Gasteiger partial charge in [-0.1, -0.05) is 62.0 Å². The summed E-state index contributed by atoms with van der Waals surface area (Å²) in [6, 6.07) is 24.2. The smallest absolute Gasteiger partial charge is 0.406 e. The minimum absolute atomic E-state index is 0.268. The molecule has 1 aliphatic rings. The highest BCUT2D eigenvalue weighted by molar-refractivity contribution is 8.14. The number of aromatic nitrogens is 2. The summed E-state index contributed by atoms with van der Waals surface area (Å²) in [7, 11) is 0. The summed E-state index contributed by atoms with van der Waals surface area (Å²) >= 11 is 1.72. The van der Waals surface area contributed by atoms with Gasteiger partial charge >= 0.3 is 6.36 Å². The minimum Gasteiger partial charge on any atom is -0.406 e. The number of benzene rings is 4. The van der Waals surface area contributed by atoms with Gasteiger partial charge in [0.25, 0.3) is 0 Å². The first kappa shape index (κ1) is 27.8. The van der Waals surface area contributed by atoms with Gasteiger partial charge in [0.2, 0.25) is 0 Å². The number of ether oxygens (including phenoxy) is 1. The Labute approximate surface area is 245 Å². The molecule has 6 nitrogen and oxygen atoms in total. The first-order chi connectivity index (χ1) is 20.3. The molecule has 214 valence electrons. The number of hydrogen-bond acceptors (Lipinski definition) is 5. The molecule has 0 unspecified atom stereocenters. The molecule has 5 aromatic rings. The highest BCUT2D eigenvalue weighted by atomic mass is 32.2. The van der Waals surface area contributed by atoms with E-state index in [-0.39, 0.29) is 5.75 Å². The van der Waals surface area contributed by atoms with Crippen LogP contribution < -0.4 is 9.64 Å². The van der Waals surface area contributed by atoms with E-state index < -0.39 is 6.36 Å². The van der Waals surface area contributed by atoms with Gasteiger partial charge in [-0.2, -0.15) is 5.10 Å². The van der Waals surface area contributed by atoms with Gasteiger partial charge in [0.1, 0.15) is 12.1 Å². The summed E-state index contributed by atoms with van der Waals surface area (Å²) in [4.78, 5) is 6.87. The van der Waals surface area contributed by atoms with E-state index in [9.17, 15) is 13.2 Å². The van der Waals surface area contributed by atoms with Gasteiger partial charge in [-0.05, 0) is 71.3 Å². The van der Waals surface area contributed by atoms with Crippen LogP contribution in [0.1, 0.15) is 37.3 Å². The maximum atomic E-state index is 12.5. The third-order valence-corrected chi connectivity index (χ3v) is 8.15. The molecule has 0 bridgehead atoms. The molecule has 0 saturated carbocycles. The fourth-order valence-corrected chi connectivity index (χ4v) is 6.06. The van der Waals surface area contributed by atoms with Crippen molar-refractivity contribution in [3.63, 3.8) is 0 Å². The van der Waals surface area contributed by atoms with Crippen LogP contribution in [-0.4, -0.2) is 39.6 Å². The number of hydrogen-bond donors (Lipinski definition) is 0. The van der Waals surface area contributed by atoms with Crippen LogP contribution in [0.3, 0.4) is 0 Å². The number of halogens is 3. The molecule has 1 fully saturated rings. The molecule has 0 N–H and O–H groups in total. The zero-order valence-electron chi connectivity index (χ0n) is 23.0. The molecule has 2 heterocycles. The van der Waals surface area contributed by atoms with Crippen LogP contribution in [0, 0.1) is 0 Å².